The highest BCUT2D eigenvalue weighted by Gasteiger charge is 2.14. The van der Waals surface area contributed by atoms with Crippen LogP contribution in [0.3, 0.4) is 0 Å². The van der Waals surface area contributed by atoms with Crippen molar-refractivity contribution in [3.8, 4) is 0 Å². The average Bonchev–Trinajstić information content (AvgIpc) is 3.04. The minimum Gasteiger partial charge on any atom is -0.362 e. The highest BCUT2D eigenvalue weighted by atomic mass is 35.5. The molecule has 1 atom stereocenters. The van der Waals surface area contributed by atoms with Crippen LogP contribution >= 0.6 is 12.4 Å². The maximum absolute atomic E-state index is 12.1. The van der Waals surface area contributed by atoms with E-state index in [1.165, 1.54) is 0 Å². The normalized spacial score (nSPS) is 11.8. The number of carbonyl (C=O) groups excluding carboxylic acids is 1. The number of amides is 1. The lowest BCUT2D eigenvalue weighted by atomic mass is 10.0. The Balaban J connectivity index is 0.00000243. The molecule has 0 saturated heterocycles. The second-order valence-electron chi connectivity index (χ2n) is 5.69. The van der Waals surface area contributed by atoms with E-state index in [-0.39, 0.29) is 37.6 Å². The van der Waals surface area contributed by atoms with E-state index in [4.69, 9.17) is 15.0 Å². The molecule has 3 aromatic rings. The molecule has 7 nitrogen and oxygen atoms in total. The van der Waals surface area contributed by atoms with E-state index in [1.807, 2.05) is 42.5 Å². The summed E-state index contributed by atoms with van der Waals surface area (Å²) in [5.74, 6) is 0.623. The number of fused-ring (bicyclic) bond motifs is 1. The van der Waals surface area contributed by atoms with Crippen LogP contribution in [0.1, 0.15) is 23.3 Å². The summed E-state index contributed by atoms with van der Waals surface area (Å²) in [6.07, 6.45) is 0. The van der Waals surface area contributed by atoms with Gasteiger partial charge >= 0.3 is 0 Å². The Bertz CT molecular complexity index is 868. The van der Waals surface area contributed by atoms with E-state index in [1.54, 1.807) is 6.92 Å². The van der Waals surface area contributed by atoms with Crippen LogP contribution in [0.25, 0.3) is 10.8 Å². The lowest BCUT2D eigenvalue weighted by molar-refractivity contribution is -0.127. The monoisotopic (exact) mass is 376 g/mol. The first kappa shape index (κ1) is 19.8. The Morgan fingerprint density at radius 2 is 2.04 bits per heavy atom. The molecule has 0 radical (unpaired) electrons. The predicted octanol–water partition coefficient (Wildman–Crippen LogP) is 2.29. The summed E-state index contributed by atoms with van der Waals surface area (Å²) in [5.41, 5.74) is 6.79. The third kappa shape index (κ3) is 5.01. The number of nitrogens with two attached hydrogens (primary N) is 1. The van der Waals surface area contributed by atoms with Gasteiger partial charge in [-0.05, 0) is 29.3 Å². The number of aromatic nitrogens is 2. The number of nitrogens with zero attached hydrogens (tertiary/aromatic N) is 2. The second-order valence-corrected chi connectivity index (χ2v) is 5.69. The van der Waals surface area contributed by atoms with E-state index in [9.17, 15) is 4.79 Å². The maximum Gasteiger partial charge on any atom is 0.252 e. The van der Waals surface area contributed by atoms with Gasteiger partial charge in [-0.2, -0.15) is 4.98 Å². The van der Waals surface area contributed by atoms with Crippen molar-refractivity contribution in [2.75, 3.05) is 13.2 Å². The topological polar surface area (TPSA) is 103 Å². The number of hydrogen-bond acceptors (Lipinski definition) is 6. The van der Waals surface area contributed by atoms with E-state index in [0.29, 0.717) is 18.3 Å². The van der Waals surface area contributed by atoms with Crippen molar-refractivity contribution >= 4 is 29.1 Å². The molecular weight excluding hydrogens is 356 g/mol. The van der Waals surface area contributed by atoms with Gasteiger partial charge in [0.05, 0.1) is 6.04 Å². The van der Waals surface area contributed by atoms with Gasteiger partial charge in [-0.3, -0.25) is 4.79 Å². The second kappa shape index (κ2) is 9.28. The molecule has 1 unspecified atom stereocenters. The van der Waals surface area contributed by atoms with Gasteiger partial charge in [-0.25, -0.2) is 0 Å². The lowest BCUT2D eigenvalue weighted by Gasteiger charge is -2.18. The number of aryl methyl sites for hydroxylation is 1. The van der Waals surface area contributed by atoms with E-state index in [2.05, 4.69) is 15.5 Å². The molecule has 0 bridgehead atoms. The Morgan fingerprint density at radius 3 is 2.73 bits per heavy atom. The Labute approximate surface area is 157 Å². The Kier molecular flexibility index (Phi) is 7.08. The summed E-state index contributed by atoms with van der Waals surface area (Å²) in [5, 5.41) is 8.79. The van der Waals surface area contributed by atoms with E-state index >= 15 is 0 Å². The van der Waals surface area contributed by atoms with Crippen molar-refractivity contribution in [3.05, 3.63) is 59.7 Å². The fourth-order valence-electron chi connectivity index (χ4n) is 2.57. The van der Waals surface area contributed by atoms with Crippen molar-refractivity contribution < 1.29 is 14.1 Å². The van der Waals surface area contributed by atoms with Crippen LogP contribution in [-0.4, -0.2) is 29.2 Å². The Morgan fingerprint density at radius 1 is 1.27 bits per heavy atom. The summed E-state index contributed by atoms with van der Waals surface area (Å²) in [7, 11) is 0. The summed E-state index contributed by atoms with van der Waals surface area (Å²) in [6, 6.07) is 13.8. The molecule has 26 heavy (non-hydrogen) atoms. The smallest absolute Gasteiger partial charge is 0.252 e. The van der Waals surface area contributed by atoms with Crippen LogP contribution < -0.4 is 11.1 Å². The van der Waals surface area contributed by atoms with Crippen LogP contribution in [-0.2, 0) is 16.1 Å². The van der Waals surface area contributed by atoms with Gasteiger partial charge in [0.2, 0.25) is 5.91 Å². The number of benzene rings is 2. The van der Waals surface area contributed by atoms with Crippen molar-refractivity contribution in [1.29, 1.82) is 0 Å². The average molecular weight is 377 g/mol. The molecule has 8 heteroatoms. The molecule has 1 amide bonds. The maximum atomic E-state index is 12.1. The molecule has 2 aromatic carbocycles. The highest BCUT2D eigenvalue weighted by Crippen LogP contribution is 2.20. The number of nitrogens with one attached hydrogen (secondary N) is 1. The molecule has 3 N–H and O–H groups in total. The third-order valence-corrected chi connectivity index (χ3v) is 3.78. The van der Waals surface area contributed by atoms with Crippen LogP contribution in [0.4, 0.5) is 0 Å². The largest absolute Gasteiger partial charge is 0.362 e. The van der Waals surface area contributed by atoms with Gasteiger partial charge in [0.25, 0.3) is 5.89 Å². The first-order chi connectivity index (χ1) is 12.2. The fourth-order valence-corrected chi connectivity index (χ4v) is 2.57. The van der Waals surface area contributed by atoms with Crippen LogP contribution in [0.2, 0.25) is 0 Å². The molecule has 1 heterocycles. The number of rotatable bonds is 7. The van der Waals surface area contributed by atoms with Gasteiger partial charge in [-0.15, -0.1) is 12.4 Å². The van der Waals surface area contributed by atoms with Crippen LogP contribution in [0.15, 0.2) is 47.0 Å². The Hall–Kier alpha value is -2.48. The first-order valence-electron chi connectivity index (χ1n) is 8.01. The molecule has 0 aliphatic heterocycles. The number of halogens is 1. The van der Waals surface area contributed by atoms with Gasteiger partial charge < -0.3 is 20.3 Å². The molecule has 1 aromatic heterocycles. The quantitative estimate of drug-likeness (QED) is 0.655. The molecular formula is C18H21ClN4O3. The fraction of sp³-hybridized carbons (Fsp3) is 0.278. The zero-order valence-electron chi connectivity index (χ0n) is 14.3. The zero-order chi connectivity index (χ0) is 17.6. The highest BCUT2D eigenvalue weighted by molar-refractivity contribution is 5.85. The molecule has 3 rings (SSSR count). The van der Waals surface area contributed by atoms with Crippen LogP contribution in [0, 0.1) is 6.92 Å². The van der Waals surface area contributed by atoms with Gasteiger partial charge in [0.15, 0.2) is 5.82 Å². The minimum absolute atomic E-state index is 0. The van der Waals surface area contributed by atoms with Crippen molar-refractivity contribution in [3.63, 3.8) is 0 Å². The first-order valence-corrected chi connectivity index (χ1v) is 8.01. The van der Waals surface area contributed by atoms with Crippen molar-refractivity contribution in [2.45, 2.75) is 19.6 Å². The minimum atomic E-state index is -0.272. The van der Waals surface area contributed by atoms with Gasteiger partial charge in [0.1, 0.15) is 13.2 Å². The molecule has 0 saturated carbocycles. The molecule has 138 valence electrons. The molecule has 0 fully saturated rings. The summed E-state index contributed by atoms with van der Waals surface area (Å²) < 4.78 is 10.2. The number of hydrogen-bond donors (Lipinski definition) is 2. The van der Waals surface area contributed by atoms with Crippen molar-refractivity contribution in [2.24, 2.45) is 5.73 Å². The number of ether oxygens (including phenoxy) is 1. The lowest BCUT2D eigenvalue weighted by Crippen LogP contribution is -2.35. The predicted molar refractivity (Wildman–Crippen MR) is 99.8 cm³/mol. The third-order valence-electron chi connectivity index (χ3n) is 3.78. The van der Waals surface area contributed by atoms with Crippen LogP contribution in [0.5, 0.6) is 0 Å². The molecule has 0 spiro atoms. The van der Waals surface area contributed by atoms with Crippen molar-refractivity contribution in [1.82, 2.24) is 15.5 Å². The zero-order valence-corrected chi connectivity index (χ0v) is 15.2. The molecule has 0 aliphatic carbocycles. The van der Waals surface area contributed by atoms with E-state index < -0.39 is 0 Å². The van der Waals surface area contributed by atoms with Gasteiger partial charge in [-0.1, -0.05) is 41.6 Å². The van der Waals surface area contributed by atoms with Gasteiger partial charge in [0, 0.05) is 6.54 Å². The van der Waals surface area contributed by atoms with E-state index in [0.717, 1.165) is 16.3 Å². The SMILES string of the molecule is Cc1noc(COCC(=O)NC(CN)c2ccc3ccccc3c2)n1.Cl. The summed E-state index contributed by atoms with van der Waals surface area (Å²) >= 11 is 0. The summed E-state index contributed by atoms with van der Waals surface area (Å²) in [6.45, 7) is 2.01. The summed E-state index contributed by atoms with van der Waals surface area (Å²) in [4.78, 5) is 16.1. The standard InChI is InChI=1S/C18H20N4O3.ClH/c1-12-20-18(25-22-12)11-24-10-17(23)21-16(9-19)15-7-6-13-4-2-3-5-14(13)8-15;/h2-8,16H,9-11,19H2,1H3,(H,21,23);1H. The number of carbonyl (C=O) groups is 1. The molecule has 0 aliphatic rings.